The zero-order chi connectivity index (χ0) is 22.0. The summed E-state index contributed by atoms with van der Waals surface area (Å²) in [6.45, 7) is 0. The monoisotopic (exact) mass is 423 g/mol. The Labute approximate surface area is 176 Å². The third kappa shape index (κ3) is 4.00. The molecule has 4 rings (SSSR count). The van der Waals surface area contributed by atoms with Crippen molar-refractivity contribution in [1.82, 2.24) is 20.5 Å². The maximum absolute atomic E-state index is 13.6. The quantitative estimate of drug-likeness (QED) is 0.786. The second kappa shape index (κ2) is 7.99. The highest BCUT2D eigenvalue weighted by Gasteiger charge is 2.44. The van der Waals surface area contributed by atoms with E-state index in [2.05, 4.69) is 15.6 Å². The van der Waals surface area contributed by atoms with Gasteiger partial charge in [0.05, 0.1) is 23.0 Å². The van der Waals surface area contributed by atoms with E-state index in [9.17, 15) is 18.0 Å². The predicted molar refractivity (Wildman–Crippen MR) is 105 cm³/mol. The van der Waals surface area contributed by atoms with Crippen molar-refractivity contribution in [2.75, 3.05) is 0 Å². The van der Waals surface area contributed by atoms with Crippen LogP contribution in [-0.4, -0.2) is 22.0 Å². The van der Waals surface area contributed by atoms with Crippen molar-refractivity contribution >= 4 is 5.91 Å². The van der Waals surface area contributed by atoms with Crippen molar-refractivity contribution in [3.63, 3.8) is 0 Å². The van der Waals surface area contributed by atoms with Crippen LogP contribution in [0, 0.1) is 11.3 Å². The largest absolute Gasteiger partial charge is 0.414 e. The molecular weight excluding hydrogens is 407 g/mol. The molecule has 0 bridgehead atoms. The fourth-order valence-corrected chi connectivity index (χ4v) is 3.41. The number of amides is 1. The van der Waals surface area contributed by atoms with Crippen LogP contribution in [0.1, 0.15) is 29.0 Å². The number of nitrogens with one attached hydrogen (secondary N) is 2. The Morgan fingerprint density at radius 2 is 1.97 bits per heavy atom. The van der Waals surface area contributed by atoms with Crippen molar-refractivity contribution in [3.05, 3.63) is 101 Å². The molecule has 6 nitrogen and oxygen atoms in total. The number of halogens is 3. The molecule has 31 heavy (non-hydrogen) atoms. The number of carbonyl (C=O) groups is 1. The highest BCUT2D eigenvalue weighted by molar-refractivity contribution is 5.95. The number of hydrogen-bond donors (Lipinski definition) is 2. The van der Waals surface area contributed by atoms with Gasteiger partial charge in [0.25, 0.3) is 5.91 Å². The van der Waals surface area contributed by atoms with E-state index in [0.717, 1.165) is 5.56 Å². The Kier molecular flexibility index (Phi) is 5.21. The lowest BCUT2D eigenvalue weighted by atomic mass is 10.1. The molecular formula is C22H16F3N5O. The van der Waals surface area contributed by atoms with Gasteiger partial charge in [-0.25, -0.2) is 0 Å². The number of alkyl halides is 3. The molecule has 0 radical (unpaired) electrons. The van der Waals surface area contributed by atoms with E-state index in [1.165, 1.54) is 24.4 Å². The van der Waals surface area contributed by atoms with Crippen molar-refractivity contribution in [2.24, 2.45) is 0 Å². The molecule has 9 heteroatoms. The lowest BCUT2D eigenvalue weighted by molar-refractivity contribution is -0.163. The molecule has 2 unspecified atom stereocenters. The number of nitrogens with zero attached hydrogens (tertiary/aromatic N) is 3. The van der Waals surface area contributed by atoms with Crippen LogP contribution >= 0.6 is 0 Å². The van der Waals surface area contributed by atoms with E-state index < -0.39 is 24.3 Å². The molecule has 0 spiro atoms. The number of fused-ring (bicyclic) bond motifs is 1. The van der Waals surface area contributed by atoms with Crippen molar-refractivity contribution in [1.29, 1.82) is 5.26 Å². The van der Waals surface area contributed by atoms with Gasteiger partial charge in [-0.3, -0.25) is 9.78 Å². The molecule has 0 fully saturated rings. The van der Waals surface area contributed by atoms with Crippen LogP contribution < -0.4 is 10.6 Å². The number of hydrogen-bond acceptors (Lipinski definition) is 5. The zero-order valence-corrected chi connectivity index (χ0v) is 16.0. The van der Waals surface area contributed by atoms with Crippen LogP contribution in [0.2, 0.25) is 0 Å². The van der Waals surface area contributed by atoms with Crippen LogP contribution in [0.25, 0.3) is 0 Å². The van der Waals surface area contributed by atoms with Gasteiger partial charge in [-0.1, -0.05) is 24.3 Å². The number of nitriles is 1. The summed E-state index contributed by atoms with van der Waals surface area (Å²) in [6.07, 6.45) is 2.84. The molecule has 1 aromatic heterocycles. The lowest BCUT2D eigenvalue weighted by Crippen LogP contribution is -2.41. The molecule has 3 heterocycles. The molecule has 2 atom stereocenters. The lowest BCUT2D eigenvalue weighted by Gasteiger charge is -2.26. The Balaban J connectivity index is 1.63. The van der Waals surface area contributed by atoms with Crippen LogP contribution in [0.4, 0.5) is 13.2 Å². The van der Waals surface area contributed by atoms with E-state index in [0.29, 0.717) is 11.3 Å². The summed E-state index contributed by atoms with van der Waals surface area (Å²) >= 11 is 0. The van der Waals surface area contributed by atoms with Gasteiger partial charge >= 0.3 is 6.18 Å². The van der Waals surface area contributed by atoms with Gasteiger partial charge in [-0.05, 0) is 42.0 Å². The molecule has 156 valence electrons. The highest BCUT2D eigenvalue weighted by atomic mass is 19.4. The fourth-order valence-electron chi connectivity index (χ4n) is 3.41. The number of benzene rings is 1. The number of aromatic nitrogens is 1. The van der Waals surface area contributed by atoms with E-state index in [1.807, 2.05) is 6.07 Å². The molecule has 2 aliphatic heterocycles. The van der Waals surface area contributed by atoms with Crippen LogP contribution in [-0.2, 0) is 4.79 Å². The summed E-state index contributed by atoms with van der Waals surface area (Å²) in [7, 11) is 0. The minimum atomic E-state index is -4.72. The van der Waals surface area contributed by atoms with Crippen molar-refractivity contribution in [3.8, 4) is 6.07 Å². The van der Waals surface area contributed by atoms with Gasteiger partial charge < -0.3 is 15.5 Å². The predicted octanol–water partition coefficient (Wildman–Crippen LogP) is 3.57. The van der Waals surface area contributed by atoms with Crippen LogP contribution in [0.3, 0.4) is 0 Å². The molecule has 0 aliphatic carbocycles. The van der Waals surface area contributed by atoms with Crippen LogP contribution in [0.15, 0.2) is 84.5 Å². The molecule has 1 aromatic carbocycles. The minimum absolute atomic E-state index is 0.0140. The molecule has 2 aromatic rings. The standard InChI is InChI=1S/C22H16F3N5O/c23-22(24,25)19(16-5-1-3-11-27-16)29-21(31)18-17-6-2-4-12-30(17)20(28-18)15-9-7-14(13-26)8-10-15/h1-12,19-20,28H,(H,29,31). The second-order valence-electron chi connectivity index (χ2n) is 6.85. The number of allylic oxidation sites excluding steroid dienone is 3. The van der Waals surface area contributed by atoms with E-state index in [1.54, 1.807) is 53.6 Å². The molecule has 2 N–H and O–H groups in total. The third-order valence-corrected chi connectivity index (χ3v) is 4.87. The highest BCUT2D eigenvalue weighted by Crippen LogP contribution is 2.36. The SMILES string of the molecule is N#Cc1ccc(C2NC(C(=O)NC(c3ccccn3)C(F)(F)F)=C3C=CC=CN32)cc1. The number of rotatable bonds is 4. The smallest absolute Gasteiger partial charge is 0.355 e. The van der Waals surface area contributed by atoms with Gasteiger partial charge in [0.1, 0.15) is 11.9 Å². The second-order valence-corrected chi connectivity index (χ2v) is 6.85. The molecule has 2 aliphatic rings. The first-order chi connectivity index (χ1) is 14.9. The van der Waals surface area contributed by atoms with Gasteiger partial charge in [0.15, 0.2) is 6.04 Å². The molecule has 0 saturated heterocycles. The fraction of sp³-hybridized carbons (Fsp3) is 0.136. The maximum Gasteiger partial charge on any atom is 0.414 e. The Morgan fingerprint density at radius 1 is 1.19 bits per heavy atom. The number of carbonyl (C=O) groups excluding carboxylic acids is 1. The summed E-state index contributed by atoms with van der Waals surface area (Å²) < 4.78 is 40.9. The summed E-state index contributed by atoms with van der Waals surface area (Å²) in [5.74, 6) is -0.899. The van der Waals surface area contributed by atoms with Crippen molar-refractivity contribution < 1.29 is 18.0 Å². The molecule has 0 saturated carbocycles. The summed E-state index contributed by atoms with van der Waals surface area (Å²) in [5.41, 5.74) is 1.38. The maximum atomic E-state index is 13.6. The van der Waals surface area contributed by atoms with Gasteiger partial charge in [-0.15, -0.1) is 0 Å². The summed E-state index contributed by atoms with van der Waals surface area (Å²) in [5, 5.41) is 14.1. The number of pyridine rings is 1. The van der Waals surface area contributed by atoms with E-state index in [-0.39, 0.29) is 11.4 Å². The Bertz CT molecular complexity index is 1110. The normalized spacial score (nSPS) is 18.3. The van der Waals surface area contributed by atoms with Gasteiger partial charge in [0, 0.05) is 12.4 Å². The first kappa shape index (κ1) is 20.2. The van der Waals surface area contributed by atoms with Crippen LogP contribution in [0.5, 0.6) is 0 Å². The zero-order valence-electron chi connectivity index (χ0n) is 16.0. The Morgan fingerprint density at radius 3 is 2.61 bits per heavy atom. The van der Waals surface area contributed by atoms with Crippen molar-refractivity contribution in [2.45, 2.75) is 18.4 Å². The average Bonchev–Trinajstić information content (AvgIpc) is 3.17. The van der Waals surface area contributed by atoms with E-state index in [4.69, 9.17) is 5.26 Å². The topological polar surface area (TPSA) is 81.0 Å². The summed E-state index contributed by atoms with van der Waals surface area (Å²) in [6, 6.07) is 10.7. The minimum Gasteiger partial charge on any atom is -0.355 e. The van der Waals surface area contributed by atoms with Gasteiger partial charge in [0.2, 0.25) is 0 Å². The third-order valence-electron chi connectivity index (χ3n) is 4.87. The first-order valence-electron chi connectivity index (χ1n) is 9.31. The average molecular weight is 423 g/mol. The summed E-state index contributed by atoms with van der Waals surface area (Å²) in [4.78, 5) is 18.4. The molecule has 1 amide bonds. The Hall–Kier alpha value is -4.06. The first-order valence-corrected chi connectivity index (χ1v) is 9.31. The van der Waals surface area contributed by atoms with Gasteiger partial charge in [-0.2, -0.15) is 18.4 Å². The van der Waals surface area contributed by atoms with E-state index >= 15 is 0 Å².